The standard InChI is InChI=1S/C10H19N3O2/c1-3-13-8-12-6-9(13)10(14)7-11-4-5-15-2/h6,8,10-11,14H,3-5,7H2,1-2H3. The fourth-order valence-electron chi connectivity index (χ4n) is 1.39. The van der Waals surface area contributed by atoms with Gasteiger partial charge in [-0.2, -0.15) is 0 Å². The number of aliphatic hydroxyl groups is 1. The third kappa shape index (κ3) is 3.62. The topological polar surface area (TPSA) is 59.3 Å². The van der Waals surface area contributed by atoms with E-state index in [1.54, 1.807) is 19.6 Å². The quantitative estimate of drug-likeness (QED) is 0.634. The molecule has 1 heterocycles. The van der Waals surface area contributed by atoms with Gasteiger partial charge in [0.15, 0.2) is 0 Å². The highest BCUT2D eigenvalue weighted by Gasteiger charge is 2.11. The van der Waals surface area contributed by atoms with E-state index < -0.39 is 6.10 Å². The molecule has 0 aliphatic rings. The summed E-state index contributed by atoms with van der Waals surface area (Å²) in [5, 5.41) is 13.0. The Morgan fingerprint density at radius 1 is 1.67 bits per heavy atom. The highest BCUT2D eigenvalue weighted by Crippen LogP contribution is 2.10. The molecule has 0 bridgehead atoms. The first-order chi connectivity index (χ1) is 7.29. The van der Waals surface area contributed by atoms with Gasteiger partial charge in [-0.1, -0.05) is 0 Å². The number of ether oxygens (including phenoxy) is 1. The monoisotopic (exact) mass is 213 g/mol. The summed E-state index contributed by atoms with van der Waals surface area (Å²) in [5.74, 6) is 0. The summed E-state index contributed by atoms with van der Waals surface area (Å²) >= 11 is 0. The molecule has 86 valence electrons. The molecule has 1 aromatic rings. The molecule has 15 heavy (non-hydrogen) atoms. The Hall–Kier alpha value is -0.910. The summed E-state index contributed by atoms with van der Waals surface area (Å²) in [6, 6.07) is 0. The van der Waals surface area contributed by atoms with Crippen molar-refractivity contribution in [2.75, 3.05) is 26.8 Å². The number of nitrogens with zero attached hydrogens (tertiary/aromatic N) is 2. The summed E-state index contributed by atoms with van der Waals surface area (Å²) in [5.41, 5.74) is 0.849. The fourth-order valence-corrected chi connectivity index (χ4v) is 1.39. The zero-order valence-electron chi connectivity index (χ0n) is 9.31. The van der Waals surface area contributed by atoms with Crippen LogP contribution in [-0.2, 0) is 11.3 Å². The Balaban J connectivity index is 2.36. The number of rotatable bonds is 7. The molecule has 0 spiro atoms. The molecule has 5 nitrogen and oxygen atoms in total. The second kappa shape index (κ2) is 6.55. The van der Waals surface area contributed by atoms with Crippen LogP contribution in [0.1, 0.15) is 18.7 Å². The van der Waals surface area contributed by atoms with Crippen molar-refractivity contribution in [3.63, 3.8) is 0 Å². The summed E-state index contributed by atoms with van der Waals surface area (Å²) in [6.07, 6.45) is 2.92. The van der Waals surface area contributed by atoms with Crippen molar-refractivity contribution in [2.45, 2.75) is 19.6 Å². The molecular weight excluding hydrogens is 194 g/mol. The Bertz CT molecular complexity index is 275. The van der Waals surface area contributed by atoms with E-state index in [1.807, 2.05) is 11.5 Å². The van der Waals surface area contributed by atoms with Gasteiger partial charge in [-0.15, -0.1) is 0 Å². The lowest BCUT2D eigenvalue weighted by atomic mass is 10.2. The zero-order valence-corrected chi connectivity index (χ0v) is 9.31. The van der Waals surface area contributed by atoms with Crippen LogP contribution < -0.4 is 5.32 Å². The maximum atomic E-state index is 9.86. The lowest BCUT2D eigenvalue weighted by Crippen LogP contribution is -2.26. The number of hydrogen-bond acceptors (Lipinski definition) is 4. The first kappa shape index (κ1) is 12.2. The average Bonchev–Trinajstić information content (AvgIpc) is 2.72. The Morgan fingerprint density at radius 2 is 2.47 bits per heavy atom. The molecule has 0 amide bonds. The van der Waals surface area contributed by atoms with Crippen LogP contribution >= 0.6 is 0 Å². The van der Waals surface area contributed by atoms with Crippen LogP contribution in [0.5, 0.6) is 0 Å². The van der Waals surface area contributed by atoms with Crippen molar-refractivity contribution >= 4 is 0 Å². The summed E-state index contributed by atoms with van der Waals surface area (Å²) < 4.78 is 6.83. The molecule has 1 rings (SSSR count). The van der Waals surface area contributed by atoms with Crippen LogP contribution in [0.25, 0.3) is 0 Å². The first-order valence-corrected chi connectivity index (χ1v) is 5.17. The van der Waals surface area contributed by atoms with E-state index in [-0.39, 0.29) is 0 Å². The van der Waals surface area contributed by atoms with Gasteiger partial charge in [0.05, 0.1) is 24.8 Å². The van der Waals surface area contributed by atoms with Crippen molar-refractivity contribution in [1.29, 1.82) is 0 Å². The van der Waals surface area contributed by atoms with Crippen LogP contribution in [0.2, 0.25) is 0 Å². The van der Waals surface area contributed by atoms with E-state index >= 15 is 0 Å². The number of imidazole rings is 1. The van der Waals surface area contributed by atoms with Gasteiger partial charge >= 0.3 is 0 Å². The molecule has 0 aromatic carbocycles. The van der Waals surface area contributed by atoms with Gasteiger partial charge in [0.2, 0.25) is 0 Å². The fraction of sp³-hybridized carbons (Fsp3) is 0.700. The highest BCUT2D eigenvalue weighted by molar-refractivity contribution is 5.03. The van der Waals surface area contributed by atoms with Crippen molar-refractivity contribution in [1.82, 2.24) is 14.9 Å². The summed E-state index contributed by atoms with van der Waals surface area (Å²) in [6.45, 7) is 4.77. The summed E-state index contributed by atoms with van der Waals surface area (Å²) in [7, 11) is 1.66. The molecule has 0 aliphatic carbocycles. The number of methoxy groups -OCH3 is 1. The molecule has 0 radical (unpaired) electrons. The molecule has 1 unspecified atom stereocenters. The molecule has 5 heteroatoms. The van der Waals surface area contributed by atoms with Crippen LogP contribution in [0.3, 0.4) is 0 Å². The van der Waals surface area contributed by atoms with Crippen LogP contribution in [0.4, 0.5) is 0 Å². The van der Waals surface area contributed by atoms with Gasteiger partial charge in [-0.25, -0.2) is 4.98 Å². The third-order valence-electron chi connectivity index (χ3n) is 2.25. The Morgan fingerprint density at radius 3 is 3.13 bits per heavy atom. The summed E-state index contributed by atoms with van der Waals surface area (Å²) in [4.78, 5) is 4.01. The van der Waals surface area contributed by atoms with E-state index in [4.69, 9.17) is 4.74 Å². The second-order valence-corrected chi connectivity index (χ2v) is 3.32. The van der Waals surface area contributed by atoms with Crippen molar-refractivity contribution in [2.24, 2.45) is 0 Å². The number of nitrogens with one attached hydrogen (secondary N) is 1. The van der Waals surface area contributed by atoms with Gasteiger partial charge < -0.3 is 19.7 Å². The van der Waals surface area contributed by atoms with Crippen molar-refractivity contribution in [3.8, 4) is 0 Å². The maximum Gasteiger partial charge on any atom is 0.108 e. The van der Waals surface area contributed by atoms with Crippen molar-refractivity contribution in [3.05, 3.63) is 18.2 Å². The zero-order chi connectivity index (χ0) is 11.1. The predicted molar refractivity (Wildman–Crippen MR) is 57.6 cm³/mol. The van der Waals surface area contributed by atoms with Gasteiger partial charge in [-0.3, -0.25) is 0 Å². The molecule has 1 aromatic heterocycles. The maximum absolute atomic E-state index is 9.86. The molecular formula is C10H19N3O2. The normalized spacial score (nSPS) is 13.0. The molecule has 0 saturated carbocycles. The van der Waals surface area contributed by atoms with Gasteiger partial charge in [0.1, 0.15) is 6.10 Å². The van der Waals surface area contributed by atoms with Gasteiger partial charge in [-0.05, 0) is 6.92 Å². The first-order valence-electron chi connectivity index (χ1n) is 5.17. The van der Waals surface area contributed by atoms with Crippen LogP contribution in [0, 0.1) is 0 Å². The minimum atomic E-state index is -0.510. The molecule has 1 atom stereocenters. The third-order valence-corrected chi connectivity index (χ3v) is 2.25. The lowest BCUT2D eigenvalue weighted by molar-refractivity contribution is 0.155. The highest BCUT2D eigenvalue weighted by atomic mass is 16.5. The number of aliphatic hydroxyl groups excluding tert-OH is 1. The predicted octanol–water partition coefficient (Wildman–Crippen LogP) is 0.172. The smallest absolute Gasteiger partial charge is 0.108 e. The lowest BCUT2D eigenvalue weighted by Gasteiger charge is -2.13. The second-order valence-electron chi connectivity index (χ2n) is 3.32. The van der Waals surface area contributed by atoms with E-state index in [9.17, 15) is 5.11 Å². The minimum Gasteiger partial charge on any atom is -0.385 e. The number of aromatic nitrogens is 2. The van der Waals surface area contributed by atoms with E-state index in [1.165, 1.54) is 0 Å². The SMILES string of the molecule is CCn1cncc1C(O)CNCCOC. The van der Waals surface area contributed by atoms with E-state index in [0.29, 0.717) is 13.2 Å². The molecule has 0 fully saturated rings. The number of aryl methyl sites for hydroxylation is 1. The Labute approximate surface area is 90.1 Å². The average molecular weight is 213 g/mol. The van der Waals surface area contributed by atoms with Gasteiger partial charge in [0.25, 0.3) is 0 Å². The molecule has 0 aliphatic heterocycles. The molecule has 2 N–H and O–H groups in total. The van der Waals surface area contributed by atoms with Crippen LogP contribution in [-0.4, -0.2) is 41.5 Å². The van der Waals surface area contributed by atoms with Crippen LogP contribution in [0.15, 0.2) is 12.5 Å². The minimum absolute atomic E-state index is 0.510. The Kier molecular flexibility index (Phi) is 5.31. The number of hydrogen-bond donors (Lipinski definition) is 2. The van der Waals surface area contributed by atoms with E-state index in [2.05, 4.69) is 10.3 Å². The van der Waals surface area contributed by atoms with Crippen molar-refractivity contribution < 1.29 is 9.84 Å². The molecule has 0 saturated heterocycles. The van der Waals surface area contributed by atoms with E-state index in [0.717, 1.165) is 18.8 Å². The van der Waals surface area contributed by atoms with Gasteiger partial charge in [0, 0.05) is 26.7 Å². The largest absolute Gasteiger partial charge is 0.385 e.